The molecule has 2 N–H and O–H groups in total. The predicted octanol–water partition coefficient (Wildman–Crippen LogP) is 2.80. The molecule has 1 heterocycles. The number of guanidine groups is 1. The lowest BCUT2D eigenvalue weighted by atomic mass is 10.1. The monoisotopic (exact) mass is 534 g/mol. The number of hydrogen-bond acceptors (Lipinski definition) is 5. The van der Waals surface area contributed by atoms with Crippen molar-refractivity contribution >= 4 is 29.9 Å². The van der Waals surface area contributed by atoms with Crippen LogP contribution in [0.25, 0.3) is 0 Å². The number of aliphatic imine (C=N–C) groups is 1. The molecule has 0 aromatic heterocycles. The molecule has 1 aliphatic heterocycles. The summed E-state index contributed by atoms with van der Waals surface area (Å²) in [5.41, 5.74) is 2.27. The molecule has 0 amide bonds. The molecule has 0 spiro atoms. The number of aryl methyl sites for hydroxylation is 1. The fourth-order valence-corrected chi connectivity index (χ4v) is 3.21. The molecule has 2 rings (SSSR count). The van der Waals surface area contributed by atoms with E-state index in [4.69, 9.17) is 19.2 Å². The molecule has 0 saturated carbocycles. The van der Waals surface area contributed by atoms with Crippen LogP contribution in [0.2, 0.25) is 0 Å². The van der Waals surface area contributed by atoms with E-state index in [0.717, 1.165) is 63.1 Å². The Hall–Kier alpha value is -1.10. The lowest BCUT2D eigenvalue weighted by Gasteiger charge is -2.32. The van der Waals surface area contributed by atoms with Gasteiger partial charge in [0.25, 0.3) is 0 Å². The molecule has 8 heteroatoms. The van der Waals surface area contributed by atoms with Crippen LogP contribution in [-0.2, 0) is 16.0 Å². The molecule has 172 valence electrons. The maximum Gasteiger partial charge on any atom is 0.191 e. The molecule has 1 fully saturated rings. The van der Waals surface area contributed by atoms with Gasteiger partial charge in [0.2, 0.25) is 0 Å². The first-order valence-electron chi connectivity index (χ1n) is 10.7. The lowest BCUT2D eigenvalue weighted by Crippen LogP contribution is -2.49. The topological polar surface area (TPSA) is 67.4 Å². The Morgan fingerprint density at radius 2 is 2.00 bits per heavy atom. The van der Waals surface area contributed by atoms with Crippen molar-refractivity contribution in [1.82, 2.24) is 15.5 Å². The van der Waals surface area contributed by atoms with Gasteiger partial charge in [-0.3, -0.25) is 4.90 Å². The maximum atomic E-state index is 5.98. The van der Waals surface area contributed by atoms with Crippen LogP contribution in [0.4, 0.5) is 0 Å². The molecule has 0 aliphatic carbocycles. The molecule has 1 aromatic carbocycles. The minimum atomic E-state index is 0. The van der Waals surface area contributed by atoms with Crippen molar-refractivity contribution in [1.29, 1.82) is 0 Å². The number of morpholine rings is 1. The first-order chi connectivity index (χ1) is 14.1. The Balaban J connectivity index is 0.00000450. The summed E-state index contributed by atoms with van der Waals surface area (Å²) in [6.45, 7) is 13.6. The van der Waals surface area contributed by atoms with Gasteiger partial charge in [0.1, 0.15) is 5.75 Å². The number of nitrogens with zero attached hydrogens (tertiary/aromatic N) is 2. The number of hydrogen-bond donors (Lipinski definition) is 2. The Morgan fingerprint density at radius 3 is 2.70 bits per heavy atom. The highest BCUT2D eigenvalue weighted by atomic mass is 127. The van der Waals surface area contributed by atoms with Crippen LogP contribution in [0.5, 0.6) is 5.75 Å². The van der Waals surface area contributed by atoms with E-state index in [1.54, 1.807) is 7.11 Å². The molecule has 1 aliphatic rings. The smallest absolute Gasteiger partial charge is 0.191 e. The van der Waals surface area contributed by atoms with Gasteiger partial charge in [-0.25, -0.2) is 4.99 Å². The first kappa shape index (κ1) is 26.9. The largest absolute Gasteiger partial charge is 0.493 e. The van der Waals surface area contributed by atoms with Crippen LogP contribution in [0, 0.1) is 6.92 Å². The Bertz CT molecular complexity index is 624. The van der Waals surface area contributed by atoms with Gasteiger partial charge < -0.3 is 24.8 Å². The Labute approximate surface area is 199 Å². The molecule has 30 heavy (non-hydrogen) atoms. The zero-order chi connectivity index (χ0) is 20.9. The third-order valence-electron chi connectivity index (χ3n) is 4.96. The lowest BCUT2D eigenvalue weighted by molar-refractivity contribution is 0.0211. The van der Waals surface area contributed by atoms with Crippen LogP contribution in [0.1, 0.15) is 31.4 Å². The summed E-state index contributed by atoms with van der Waals surface area (Å²) >= 11 is 0. The second-order valence-corrected chi connectivity index (χ2v) is 7.38. The highest BCUT2D eigenvalue weighted by Gasteiger charge is 2.17. The number of benzene rings is 1. The average Bonchev–Trinajstić information content (AvgIpc) is 2.74. The highest BCUT2D eigenvalue weighted by Crippen LogP contribution is 2.21. The van der Waals surface area contributed by atoms with Crippen LogP contribution >= 0.6 is 24.0 Å². The Kier molecular flexibility index (Phi) is 14.1. The number of nitrogens with one attached hydrogen (secondary N) is 2. The maximum absolute atomic E-state index is 5.98. The second kappa shape index (κ2) is 15.7. The fraction of sp³-hybridized carbons (Fsp3) is 0.682. The van der Waals surface area contributed by atoms with Crippen molar-refractivity contribution in [3.63, 3.8) is 0 Å². The average molecular weight is 534 g/mol. The molecular weight excluding hydrogens is 495 g/mol. The standard InChI is InChI=1S/C22H38N4O3.HI/c1-5-23-22(24-16-19(3)26-9-13-28-14-10-26)25-17-20-8-7-18(2)15-21(20)29-12-6-11-27-4;/h7-8,15,19H,5-6,9-14,16-17H2,1-4H3,(H2,23,24,25);1H. The third-order valence-corrected chi connectivity index (χ3v) is 4.96. The van der Waals surface area contributed by atoms with E-state index >= 15 is 0 Å². The number of halogens is 1. The van der Waals surface area contributed by atoms with Crippen molar-refractivity contribution in [2.45, 2.75) is 39.8 Å². The zero-order valence-electron chi connectivity index (χ0n) is 18.9. The van der Waals surface area contributed by atoms with Gasteiger partial charge in [-0.15, -0.1) is 24.0 Å². The van der Waals surface area contributed by atoms with E-state index in [2.05, 4.69) is 54.5 Å². The number of methoxy groups -OCH3 is 1. The number of ether oxygens (including phenoxy) is 3. The van der Waals surface area contributed by atoms with Crippen LogP contribution in [-0.4, -0.2) is 76.6 Å². The summed E-state index contributed by atoms with van der Waals surface area (Å²) in [4.78, 5) is 7.23. The summed E-state index contributed by atoms with van der Waals surface area (Å²) in [6, 6.07) is 6.72. The van der Waals surface area contributed by atoms with Crippen molar-refractivity contribution in [2.24, 2.45) is 4.99 Å². The highest BCUT2D eigenvalue weighted by molar-refractivity contribution is 14.0. The number of rotatable bonds is 11. The van der Waals surface area contributed by atoms with E-state index in [1.807, 2.05) is 0 Å². The second-order valence-electron chi connectivity index (χ2n) is 7.38. The minimum Gasteiger partial charge on any atom is -0.493 e. The molecule has 1 aromatic rings. The van der Waals surface area contributed by atoms with Gasteiger partial charge in [-0.05, 0) is 32.4 Å². The van der Waals surface area contributed by atoms with E-state index in [-0.39, 0.29) is 24.0 Å². The van der Waals surface area contributed by atoms with Crippen molar-refractivity contribution in [3.8, 4) is 5.75 Å². The molecule has 0 bridgehead atoms. The summed E-state index contributed by atoms with van der Waals surface area (Å²) < 4.78 is 16.5. The van der Waals surface area contributed by atoms with Crippen LogP contribution in [0.15, 0.2) is 23.2 Å². The summed E-state index contributed by atoms with van der Waals surface area (Å²) in [5, 5.41) is 6.82. The van der Waals surface area contributed by atoms with Crippen LogP contribution in [0.3, 0.4) is 0 Å². The molecule has 1 atom stereocenters. The molecule has 1 unspecified atom stereocenters. The van der Waals surface area contributed by atoms with E-state index in [0.29, 0.717) is 25.8 Å². The van der Waals surface area contributed by atoms with E-state index < -0.39 is 0 Å². The van der Waals surface area contributed by atoms with Gasteiger partial charge in [0.05, 0.1) is 26.4 Å². The zero-order valence-corrected chi connectivity index (χ0v) is 21.2. The molecule has 0 radical (unpaired) electrons. The fourth-order valence-electron chi connectivity index (χ4n) is 3.21. The predicted molar refractivity (Wildman–Crippen MR) is 133 cm³/mol. The molecule has 1 saturated heterocycles. The van der Waals surface area contributed by atoms with Gasteiger partial charge >= 0.3 is 0 Å². The minimum absolute atomic E-state index is 0. The third kappa shape index (κ3) is 9.80. The summed E-state index contributed by atoms with van der Waals surface area (Å²) in [7, 11) is 1.71. The van der Waals surface area contributed by atoms with Crippen molar-refractivity contribution in [2.75, 3.05) is 59.7 Å². The summed E-state index contributed by atoms with van der Waals surface area (Å²) in [5.74, 6) is 1.74. The van der Waals surface area contributed by atoms with Gasteiger partial charge in [-0.2, -0.15) is 0 Å². The quantitative estimate of drug-likeness (QED) is 0.197. The molecule has 7 nitrogen and oxygen atoms in total. The molecular formula is C22H39IN4O3. The van der Waals surface area contributed by atoms with E-state index in [1.165, 1.54) is 5.56 Å². The first-order valence-corrected chi connectivity index (χ1v) is 10.7. The van der Waals surface area contributed by atoms with Crippen molar-refractivity contribution < 1.29 is 14.2 Å². The van der Waals surface area contributed by atoms with E-state index in [9.17, 15) is 0 Å². The van der Waals surface area contributed by atoms with Gasteiger partial charge in [0.15, 0.2) is 5.96 Å². The Morgan fingerprint density at radius 1 is 1.23 bits per heavy atom. The van der Waals surface area contributed by atoms with Gasteiger partial charge in [0, 0.05) is 57.9 Å². The summed E-state index contributed by atoms with van der Waals surface area (Å²) in [6.07, 6.45) is 0.872. The normalized spacial score (nSPS) is 15.9. The van der Waals surface area contributed by atoms with Crippen molar-refractivity contribution in [3.05, 3.63) is 29.3 Å². The van der Waals surface area contributed by atoms with Crippen LogP contribution < -0.4 is 15.4 Å². The van der Waals surface area contributed by atoms with Gasteiger partial charge in [-0.1, -0.05) is 12.1 Å². The SMILES string of the molecule is CCNC(=NCc1ccc(C)cc1OCCCOC)NCC(C)N1CCOCC1.I.